The number of hydrogen-bond acceptors (Lipinski definition) is 0. The molecule has 0 aromatic heterocycles. The van der Waals surface area contributed by atoms with Crippen molar-refractivity contribution in [1.29, 1.82) is 0 Å². The van der Waals surface area contributed by atoms with Gasteiger partial charge in [-0.2, -0.15) is 0 Å². The summed E-state index contributed by atoms with van der Waals surface area (Å²) in [5.41, 5.74) is 0. The van der Waals surface area contributed by atoms with Gasteiger partial charge in [0.2, 0.25) is 0 Å². The molecule has 0 unspecified atom stereocenters. The van der Waals surface area contributed by atoms with Crippen LogP contribution in [0.15, 0.2) is 12.2 Å². The van der Waals surface area contributed by atoms with E-state index in [1.54, 1.807) is 0 Å². The summed E-state index contributed by atoms with van der Waals surface area (Å²) in [6, 6.07) is 0. The van der Waals surface area contributed by atoms with E-state index < -0.39 is 0 Å². The minimum Gasteiger partial charge on any atom is -0.0885 e. The molecule has 0 saturated heterocycles. The highest BCUT2D eigenvalue weighted by atomic mass is 14.0. The van der Waals surface area contributed by atoms with Crippen molar-refractivity contribution >= 4 is 0 Å². The molecule has 0 rings (SSSR count). The topological polar surface area (TPSA) is 0 Å². The molecule has 0 aliphatic rings. The lowest BCUT2D eigenvalue weighted by molar-refractivity contribution is 0.566. The van der Waals surface area contributed by atoms with Gasteiger partial charge in [-0.25, -0.2) is 0 Å². The molecule has 0 saturated carbocycles. The highest BCUT2D eigenvalue weighted by Crippen LogP contribution is 2.10. The zero-order chi connectivity index (χ0) is 12.6. The van der Waals surface area contributed by atoms with Gasteiger partial charge in [0.05, 0.1) is 0 Å². The fourth-order valence-electron chi connectivity index (χ4n) is 2.13. The predicted octanol–water partition coefficient (Wildman–Crippen LogP) is 6.65. The largest absolute Gasteiger partial charge is 0.0885 e. The van der Waals surface area contributed by atoms with Crippen molar-refractivity contribution in [2.75, 3.05) is 0 Å². The smallest absolute Gasteiger partial charge is 0.0351 e. The minimum absolute atomic E-state index is 1.29. The standard InChI is InChI=1S/C17H34/c1-3-5-7-9-11-13-15-17-16-14-12-10-8-6-4-2/h9,11H,3-8,10,12-17H2,1-2H3/b11-9-. The Hall–Kier alpha value is -0.260. The van der Waals surface area contributed by atoms with E-state index in [4.69, 9.17) is 0 Å². The summed E-state index contributed by atoms with van der Waals surface area (Å²) in [5.74, 6) is 0. The van der Waals surface area contributed by atoms with Crippen LogP contribution in [0.25, 0.3) is 0 Å². The second-order valence-corrected chi connectivity index (χ2v) is 5.23. The summed E-state index contributed by atoms with van der Waals surface area (Å²) >= 11 is 0. The van der Waals surface area contributed by atoms with Gasteiger partial charge in [0.1, 0.15) is 0 Å². The van der Waals surface area contributed by atoms with Crippen molar-refractivity contribution in [3.63, 3.8) is 0 Å². The van der Waals surface area contributed by atoms with Gasteiger partial charge < -0.3 is 0 Å². The summed E-state index contributed by atoms with van der Waals surface area (Å²) in [6.45, 7) is 4.54. The summed E-state index contributed by atoms with van der Waals surface area (Å²) in [4.78, 5) is 0. The lowest BCUT2D eigenvalue weighted by atomic mass is 10.1. The van der Waals surface area contributed by atoms with E-state index in [0.29, 0.717) is 0 Å². The molecule has 0 amide bonds. The van der Waals surface area contributed by atoms with Crippen LogP contribution < -0.4 is 0 Å². The molecule has 17 heavy (non-hydrogen) atoms. The molecule has 0 aliphatic carbocycles. The third-order valence-corrected chi connectivity index (χ3v) is 3.37. The van der Waals surface area contributed by atoms with Crippen molar-refractivity contribution < 1.29 is 0 Å². The van der Waals surface area contributed by atoms with Gasteiger partial charge in [-0.15, -0.1) is 0 Å². The molecule has 102 valence electrons. The number of hydrogen-bond donors (Lipinski definition) is 0. The first kappa shape index (κ1) is 16.7. The fourth-order valence-corrected chi connectivity index (χ4v) is 2.13. The Balaban J connectivity index is 2.96. The average molecular weight is 238 g/mol. The van der Waals surface area contributed by atoms with Crippen molar-refractivity contribution in [3.05, 3.63) is 12.2 Å². The lowest BCUT2D eigenvalue weighted by Crippen LogP contribution is -1.80. The fraction of sp³-hybridized carbons (Fsp3) is 0.882. The minimum atomic E-state index is 1.29. The Labute approximate surface area is 110 Å². The van der Waals surface area contributed by atoms with Gasteiger partial charge in [0, 0.05) is 0 Å². The van der Waals surface area contributed by atoms with Crippen LogP contribution in [0.2, 0.25) is 0 Å². The van der Waals surface area contributed by atoms with Gasteiger partial charge in [0.15, 0.2) is 0 Å². The van der Waals surface area contributed by atoms with Crippen LogP contribution >= 0.6 is 0 Å². The number of unbranched alkanes of at least 4 members (excludes halogenated alkanes) is 11. The van der Waals surface area contributed by atoms with Crippen LogP contribution in [0.1, 0.15) is 97.3 Å². The van der Waals surface area contributed by atoms with Crippen LogP contribution in [-0.2, 0) is 0 Å². The molecule has 0 fully saturated rings. The second kappa shape index (κ2) is 15.7. The zero-order valence-electron chi connectivity index (χ0n) is 12.3. The van der Waals surface area contributed by atoms with E-state index in [2.05, 4.69) is 26.0 Å². The van der Waals surface area contributed by atoms with Gasteiger partial charge in [-0.05, 0) is 19.3 Å². The van der Waals surface area contributed by atoms with Crippen LogP contribution in [-0.4, -0.2) is 0 Å². The van der Waals surface area contributed by atoms with E-state index in [1.807, 2.05) is 0 Å². The van der Waals surface area contributed by atoms with E-state index in [1.165, 1.54) is 83.5 Å². The Bertz CT molecular complexity index is 146. The molecule has 0 aromatic rings. The summed E-state index contributed by atoms with van der Waals surface area (Å²) in [7, 11) is 0. The second-order valence-electron chi connectivity index (χ2n) is 5.23. The van der Waals surface area contributed by atoms with E-state index in [0.717, 1.165) is 0 Å². The van der Waals surface area contributed by atoms with E-state index >= 15 is 0 Å². The molecule has 0 N–H and O–H groups in total. The average Bonchev–Trinajstić information content (AvgIpc) is 2.35. The molecule has 0 heterocycles. The Morgan fingerprint density at radius 2 is 0.882 bits per heavy atom. The maximum absolute atomic E-state index is 2.39. The van der Waals surface area contributed by atoms with Crippen LogP contribution in [0.4, 0.5) is 0 Å². The molecule has 0 nitrogen and oxygen atoms in total. The first-order valence-corrected chi connectivity index (χ1v) is 8.06. The van der Waals surface area contributed by atoms with Crippen LogP contribution in [0.5, 0.6) is 0 Å². The highest BCUT2D eigenvalue weighted by Gasteiger charge is 1.91. The van der Waals surface area contributed by atoms with E-state index in [-0.39, 0.29) is 0 Å². The Morgan fingerprint density at radius 1 is 0.471 bits per heavy atom. The van der Waals surface area contributed by atoms with Crippen molar-refractivity contribution in [3.8, 4) is 0 Å². The molecule has 0 radical (unpaired) electrons. The van der Waals surface area contributed by atoms with Crippen molar-refractivity contribution in [1.82, 2.24) is 0 Å². The first-order chi connectivity index (χ1) is 8.41. The molecular formula is C17H34. The number of rotatable bonds is 13. The van der Waals surface area contributed by atoms with Crippen molar-refractivity contribution in [2.45, 2.75) is 97.3 Å². The third-order valence-electron chi connectivity index (χ3n) is 3.37. The molecule has 0 spiro atoms. The summed E-state index contributed by atoms with van der Waals surface area (Å²) in [6.07, 6.45) is 23.0. The Morgan fingerprint density at radius 3 is 1.41 bits per heavy atom. The van der Waals surface area contributed by atoms with Gasteiger partial charge in [-0.3, -0.25) is 0 Å². The van der Waals surface area contributed by atoms with Crippen LogP contribution in [0.3, 0.4) is 0 Å². The van der Waals surface area contributed by atoms with Gasteiger partial charge in [0.25, 0.3) is 0 Å². The van der Waals surface area contributed by atoms with E-state index in [9.17, 15) is 0 Å². The Kier molecular flexibility index (Phi) is 15.5. The highest BCUT2D eigenvalue weighted by molar-refractivity contribution is 4.81. The summed E-state index contributed by atoms with van der Waals surface area (Å²) in [5, 5.41) is 0. The molecule has 0 bridgehead atoms. The molecule has 0 heteroatoms. The monoisotopic (exact) mass is 238 g/mol. The van der Waals surface area contributed by atoms with Crippen molar-refractivity contribution in [2.24, 2.45) is 0 Å². The lowest BCUT2D eigenvalue weighted by Gasteiger charge is -2.00. The maximum Gasteiger partial charge on any atom is -0.0351 e. The number of allylic oxidation sites excluding steroid dienone is 2. The summed E-state index contributed by atoms with van der Waals surface area (Å²) < 4.78 is 0. The van der Waals surface area contributed by atoms with Crippen LogP contribution in [0, 0.1) is 0 Å². The molecular weight excluding hydrogens is 204 g/mol. The maximum atomic E-state index is 2.39. The first-order valence-electron chi connectivity index (χ1n) is 8.06. The quantitative estimate of drug-likeness (QED) is 0.249. The molecule has 0 aromatic carbocycles. The normalized spacial score (nSPS) is 11.4. The SMILES string of the molecule is CCCC/C=C\CCCCCCCCCCC. The zero-order valence-corrected chi connectivity index (χ0v) is 12.3. The predicted molar refractivity (Wildman–Crippen MR) is 80.5 cm³/mol. The van der Waals surface area contributed by atoms with Gasteiger partial charge >= 0.3 is 0 Å². The molecule has 0 atom stereocenters. The van der Waals surface area contributed by atoms with Gasteiger partial charge in [-0.1, -0.05) is 90.2 Å². The third kappa shape index (κ3) is 15.7. The molecule has 0 aliphatic heterocycles.